The molecule has 0 unspecified atom stereocenters. The zero-order valence-corrected chi connectivity index (χ0v) is 12.9. The van der Waals surface area contributed by atoms with Crippen molar-refractivity contribution in [2.45, 2.75) is 6.42 Å². The van der Waals surface area contributed by atoms with E-state index >= 15 is 0 Å². The van der Waals surface area contributed by atoms with Crippen LogP contribution in [0.4, 0.5) is 5.82 Å². The lowest BCUT2D eigenvalue weighted by molar-refractivity contribution is 0.0958. The monoisotopic (exact) mass is 315 g/mol. The Morgan fingerprint density at radius 1 is 1.32 bits per heavy atom. The van der Waals surface area contributed by atoms with Gasteiger partial charge in [0.05, 0.1) is 0 Å². The molecule has 0 aliphatic carbocycles. The lowest BCUT2D eigenvalue weighted by Gasteiger charge is -2.08. The second-order valence-corrected chi connectivity index (χ2v) is 5.17. The molecule has 0 atom stereocenters. The fourth-order valence-corrected chi connectivity index (χ4v) is 2.18. The van der Waals surface area contributed by atoms with Crippen LogP contribution in [-0.2, 0) is 6.42 Å². The van der Waals surface area contributed by atoms with Gasteiger partial charge in [0.25, 0.3) is 5.91 Å². The molecule has 0 fully saturated rings. The van der Waals surface area contributed by atoms with Gasteiger partial charge in [-0.2, -0.15) is 0 Å². The lowest BCUT2D eigenvalue weighted by atomic mass is 10.1. The quantitative estimate of drug-likeness (QED) is 0.771. The Bertz CT molecular complexity index is 658. The second kappa shape index (κ2) is 8.20. The Morgan fingerprint density at radius 2 is 2.18 bits per heavy atom. The van der Waals surface area contributed by atoms with E-state index in [1.54, 1.807) is 24.4 Å². The van der Waals surface area contributed by atoms with Crippen molar-refractivity contribution in [1.82, 2.24) is 10.3 Å². The Labute approximate surface area is 135 Å². The summed E-state index contributed by atoms with van der Waals surface area (Å²) >= 11 is 5.95. The van der Waals surface area contributed by atoms with E-state index in [4.69, 9.17) is 11.6 Å². The van der Waals surface area contributed by atoms with E-state index in [0.29, 0.717) is 24.5 Å². The highest BCUT2D eigenvalue weighted by molar-refractivity contribution is 6.30. The molecule has 0 aliphatic rings. The summed E-state index contributed by atoms with van der Waals surface area (Å²) < 4.78 is 0. The van der Waals surface area contributed by atoms with E-state index in [-0.39, 0.29) is 5.91 Å². The van der Waals surface area contributed by atoms with Crippen molar-refractivity contribution < 1.29 is 4.79 Å². The molecule has 1 amide bonds. The van der Waals surface area contributed by atoms with E-state index in [2.05, 4.69) is 22.2 Å². The topological polar surface area (TPSA) is 54.0 Å². The number of nitrogens with zero attached hydrogens (tertiary/aromatic N) is 1. The zero-order valence-electron chi connectivity index (χ0n) is 12.2. The minimum Gasteiger partial charge on any atom is -0.370 e. The number of nitrogens with one attached hydrogen (secondary N) is 2. The number of carbonyl (C=O) groups excluding carboxylic acids is 1. The van der Waals surface area contributed by atoms with Crippen molar-refractivity contribution >= 4 is 23.3 Å². The lowest BCUT2D eigenvalue weighted by Crippen LogP contribution is -2.23. The number of amides is 1. The molecule has 0 spiro atoms. The molecule has 1 heterocycles. The standard InChI is InChI=1S/C17H18ClN3O/c1-2-8-21-17(22)14-7-10-20-16(12-14)19-9-6-13-4-3-5-15(18)11-13/h2-5,7,10-12H,1,6,8-9H2,(H,19,20)(H,21,22). The van der Waals surface area contributed by atoms with E-state index in [0.717, 1.165) is 17.0 Å². The van der Waals surface area contributed by atoms with Gasteiger partial charge in [-0.1, -0.05) is 29.8 Å². The largest absolute Gasteiger partial charge is 0.370 e. The summed E-state index contributed by atoms with van der Waals surface area (Å²) in [5.41, 5.74) is 1.72. The SMILES string of the molecule is C=CCNC(=O)c1ccnc(NCCc2cccc(Cl)c2)c1. The van der Waals surface area contributed by atoms with Crippen molar-refractivity contribution in [3.63, 3.8) is 0 Å². The van der Waals surface area contributed by atoms with Crippen LogP contribution in [-0.4, -0.2) is 24.0 Å². The maximum atomic E-state index is 11.9. The number of hydrogen-bond acceptors (Lipinski definition) is 3. The Kier molecular flexibility index (Phi) is 5.98. The third kappa shape index (κ3) is 4.90. The van der Waals surface area contributed by atoms with Gasteiger partial charge in [-0.25, -0.2) is 4.98 Å². The average Bonchev–Trinajstić information content (AvgIpc) is 2.53. The van der Waals surface area contributed by atoms with Crippen LogP contribution in [0.25, 0.3) is 0 Å². The molecule has 0 radical (unpaired) electrons. The van der Waals surface area contributed by atoms with E-state index < -0.39 is 0 Å². The molecule has 114 valence electrons. The fourth-order valence-electron chi connectivity index (χ4n) is 1.96. The van der Waals surface area contributed by atoms with Crippen LogP contribution in [0.1, 0.15) is 15.9 Å². The molecule has 0 saturated heterocycles. The Hall–Kier alpha value is -2.33. The first-order chi connectivity index (χ1) is 10.7. The van der Waals surface area contributed by atoms with E-state index in [1.165, 1.54) is 0 Å². The molecule has 22 heavy (non-hydrogen) atoms. The van der Waals surface area contributed by atoms with Crippen molar-refractivity contribution in [3.05, 3.63) is 71.4 Å². The highest BCUT2D eigenvalue weighted by Crippen LogP contribution is 2.12. The van der Waals surface area contributed by atoms with Gasteiger partial charge in [-0.15, -0.1) is 6.58 Å². The molecule has 1 aromatic carbocycles. The van der Waals surface area contributed by atoms with Crippen molar-refractivity contribution in [1.29, 1.82) is 0 Å². The van der Waals surface area contributed by atoms with Gasteiger partial charge in [0.15, 0.2) is 0 Å². The molecule has 4 nitrogen and oxygen atoms in total. The molecule has 5 heteroatoms. The van der Waals surface area contributed by atoms with Gasteiger partial charge in [-0.3, -0.25) is 4.79 Å². The molecule has 0 bridgehead atoms. The number of carbonyl (C=O) groups is 1. The number of halogens is 1. The van der Waals surface area contributed by atoms with Gasteiger partial charge in [0.1, 0.15) is 5.82 Å². The smallest absolute Gasteiger partial charge is 0.251 e. The van der Waals surface area contributed by atoms with Gasteiger partial charge in [0.2, 0.25) is 0 Å². The summed E-state index contributed by atoms with van der Waals surface area (Å²) in [6.07, 6.45) is 4.09. The maximum Gasteiger partial charge on any atom is 0.251 e. The van der Waals surface area contributed by atoms with Crippen LogP contribution in [0, 0.1) is 0 Å². The third-order valence-electron chi connectivity index (χ3n) is 3.04. The predicted octanol–water partition coefficient (Wildman–Crippen LogP) is 3.31. The van der Waals surface area contributed by atoms with Crippen molar-refractivity contribution in [3.8, 4) is 0 Å². The Balaban J connectivity index is 1.90. The normalized spacial score (nSPS) is 10.0. The number of pyridine rings is 1. The number of benzene rings is 1. The molecule has 2 aromatic rings. The molecular formula is C17H18ClN3O. The number of aromatic nitrogens is 1. The molecule has 0 saturated carbocycles. The van der Waals surface area contributed by atoms with Crippen LogP contribution in [0.2, 0.25) is 5.02 Å². The van der Waals surface area contributed by atoms with Crippen molar-refractivity contribution in [2.24, 2.45) is 0 Å². The van der Waals surface area contributed by atoms with E-state index in [9.17, 15) is 4.79 Å². The number of rotatable bonds is 7. The summed E-state index contributed by atoms with van der Waals surface area (Å²) in [4.78, 5) is 16.1. The minimum absolute atomic E-state index is 0.139. The average molecular weight is 316 g/mol. The molecule has 2 N–H and O–H groups in total. The molecular weight excluding hydrogens is 298 g/mol. The maximum absolute atomic E-state index is 11.9. The first-order valence-corrected chi connectivity index (χ1v) is 7.40. The Morgan fingerprint density at radius 3 is 2.95 bits per heavy atom. The minimum atomic E-state index is -0.139. The summed E-state index contributed by atoms with van der Waals surface area (Å²) in [6, 6.07) is 11.2. The summed E-state index contributed by atoms with van der Waals surface area (Å²) in [5.74, 6) is 0.536. The molecule has 0 aliphatic heterocycles. The predicted molar refractivity (Wildman–Crippen MR) is 90.4 cm³/mol. The van der Waals surface area contributed by atoms with Gasteiger partial charge < -0.3 is 10.6 Å². The third-order valence-corrected chi connectivity index (χ3v) is 3.27. The first kappa shape index (κ1) is 16.0. The number of hydrogen-bond donors (Lipinski definition) is 2. The van der Waals surface area contributed by atoms with E-state index in [1.807, 2.05) is 24.3 Å². The zero-order chi connectivity index (χ0) is 15.8. The van der Waals surface area contributed by atoms with Gasteiger partial charge >= 0.3 is 0 Å². The van der Waals surface area contributed by atoms with Crippen molar-refractivity contribution in [2.75, 3.05) is 18.4 Å². The van der Waals surface area contributed by atoms with Crippen LogP contribution < -0.4 is 10.6 Å². The summed E-state index contributed by atoms with van der Waals surface area (Å²) in [7, 11) is 0. The van der Waals surface area contributed by atoms with Crippen LogP contribution in [0.15, 0.2) is 55.3 Å². The van der Waals surface area contributed by atoms with Crippen LogP contribution in [0.5, 0.6) is 0 Å². The molecule has 1 aromatic heterocycles. The first-order valence-electron chi connectivity index (χ1n) is 7.02. The summed E-state index contributed by atoms with van der Waals surface area (Å²) in [5, 5.41) is 6.68. The van der Waals surface area contributed by atoms with Gasteiger partial charge in [-0.05, 0) is 36.2 Å². The highest BCUT2D eigenvalue weighted by Gasteiger charge is 2.05. The highest BCUT2D eigenvalue weighted by atomic mass is 35.5. The van der Waals surface area contributed by atoms with Gasteiger partial charge in [0, 0.05) is 29.9 Å². The molecule has 2 rings (SSSR count). The van der Waals surface area contributed by atoms with Crippen LogP contribution >= 0.6 is 11.6 Å². The fraction of sp³-hybridized carbons (Fsp3) is 0.176. The van der Waals surface area contributed by atoms with Crippen LogP contribution in [0.3, 0.4) is 0 Å². The summed E-state index contributed by atoms with van der Waals surface area (Å²) in [6.45, 7) is 4.73. The second-order valence-electron chi connectivity index (χ2n) is 4.74. The number of anilines is 1.